The molecule has 10 nitrogen and oxygen atoms in total. The van der Waals surface area contributed by atoms with Crippen molar-refractivity contribution in [1.29, 1.82) is 5.41 Å². The van der Waals surface area contributed by atoms with E-state index >= 15 is 4.39 Å². The van der Waals surface area contributed by atoms with Gasteiger partial charge in [0.2, 0.25) is 11.8 Å². The van der Waals surface area contributed by atoms with Crippen molar-refractivity contribution in [2.24, 2.45) is 0 Å². The molecule has 0 saturated carbocycles. The Morgan fingerprint density at radius 3 is 2.71 bits per heavy atom. The molecule has 186 valence electrons. The lowest BCUT2D eigenvalue weighted by Crippen LogP contribution is -2.39. The third-order valence-electron chi connectivity index (χ3n) is 5.30. The van der Waals surface area contributed by atoms with E-state index in [0.29, 0.717) is 58.3 Å². The maximum absolute atomic E-state index is 15.0. The molecule has 3 rings (SSSR count). The third kappa shape index (κ3) is 6.61. The van der Waals surface area contributed by atoms with Gasteiger partial charge in [0.1, 0.15) is 12.4 Å². The first kappa shape index (κ1) is 25.8. The van der Waals surface area contributed by atoms with Crippen molar-refractivity contribution in [3.05, 3.63) is 40.3 Å². The van der Waals surface area contributed by atoms with Gasteiger partial charge in [0, 0.05) is 48.3 Å². The van der Waals surface area contributed by atoms with Crippen molar-refractivity contribution >= 4 is 41.3 Å². The fourth-order valence-electron chi connectivity index (χ4n) is 3.38. The zero-order chi connectivity index (χ0) is 25.4. The number of ether oxygens (including phenoxy) is 2. The largest absolute Gasteiger partial charge is 0.397 e. The zero-order valence-electron chi connectivity index (χ0n) is 19.7. The molecule has 6 N–H and O–H groups in total. The van der Waals surface area contributed by atoms with Crippen LogP contribution in [0.2, 0.25) is 0 Å². The highest BCUT2D eigenvalue weighted by atomic mass is 19.1. The Morgan fingerprint density at radius 2 is 2.00 bits per heavy atom. The number of nitrogens with zero attached hydrogens (tertiary/aromatic N) is 1. The molecule has 0 saturated heterocycles. The Kier molecular flexibility index (Phi) is 8.87. The topological polar surface area (TPSA) is 151 Å². The summed E-state index contributed by atoms with van der Waals surface area (Å²) in [6.07, 6.45) is 6.08. The van der Waals surface area contributed by atoms with Gasteiger partial charge in [0.25, 0.3) is 0 Å². The number of nitrogens with one attached hydrogen (secondary N) is 4. The first-order valence-corrected chi connectivity index (χ1v) is 11.1. The van der Waals surface area contributed by atoms with Crippen LogP contribution in [0.25, 0.3) is 23.4 Å². The molecule has 1 aromatic carbocycles. The van der Waals surface area contributed by atoms with Crippen LogP contribution in [-0.4, -0.2) is 55.6 Å². The quantitative estimate of drug-likeness (QED) is 0.176. The predicted octanol–water partition coefficient (Wildman–Crippen LogP) is 0.375. The van der Waals surface area contributed by atoms with Crippen LogP contribution in [0.15, 0.2) is 18.5 Å². The summed E-state index contributed by atoms with van der Waals surface area (Å²) >= 11 is 0. The molecular weight excluding hydrogens is 455 g/mol. The highest BCUT2D eigenvalue weighted by Crippen LogP contribution is 2.30. The summed E-state index contributed by atoms with van der Waals surface area (Å²) < 4.78 is 25.3. The smallest absolute Gasteiger partial charge is 0.246 e. The van der Waals surface area contributed by atoms with Gasteiger partial charge in [-0.05, 0) is 36.8 Å². The fourth-order valence-corrected chi connectivity index (χ4v) is 3.38. The number of nitrogen functional groups attached to an aromatic ring is 1. The van der Waals surface area contributed by atoms with E-state index in [0.717, 1.165) is 0 Å². The Labute approximate surface area is 201 Å². The standard InChI is InChI=1S/C24H29FN6O4/c1-3-34-6-7-35-13-22(33)29-5-4-21(32)31-20(27)9-15-8-16(23(25)24-18(15)11-30-24)17-10-28-12-19(26)14(17)2/h8-12,30H,3-7,13,26H2,1-2H3,(H,29,33)(H2,27,31,32). The summed E-state index contributed by atoms with van der Waals surface area (Å²) in [7, 11) is 0. The SMILES string of the molecule is CCOCCOCC(=O)NCCC(=O)NC(=N)C=c1cc(-c2cncc(N)c2C)c(F)c2c1=CN2. The molecular formula is C24H29FN6O4. The molecule has 0 spiro atoms. The molecule has 0 radical (unpaired) electrons. The van der Waals surface area contributed by atoms with Crippen LogP contribution in [0.1, 0.15) is 18.9 Å². The van der Waals surface area contributed by atoms with Crippen LogP contribution >= 0.6 is 0 Å². The lowest BCUT2D eigenvalue weighted by Gasteiger charge is -2.18. The second-order valence-corrected chi connectivity index (χ2v) is 7.76. The normalized spacial score (nSPS) is 12.1. The summed E-state index contributed by atoms with van der Waals surface area (Å²) in [5, 5.41) is 17.2. The molecule has 1 aliphatic rings. The maximum Gasteiger partial charge on any atom is 0.246 e. The zero-order valence-corrected chi connectivity index (χ0v) is 19.7. The minimum atomic E-state index is -0.442. The number of anilines is 2. The third-order valence-corrected chi connectivity index (χ3v) is 5.30. The molecule has 0 fully saturated rings. The van der Waals surface area contributed by atoms with E-state index in [2.05, 4.69) is 20.9 Å². The van der Waals surface area contributed by atoms with Crippen LogP contribution in [-0.2, 0) is 19.1 Å². The Morgan fingerprint density at radius 1 is 1.23 bits per heavy atom. The molecule has 2 amide bonds. The highest BCUT2D eigenvalue weighted by Gasteiger charge is 2.19. The Balaban J connectivity index is 1.60. The lowest BCUT2D eigenvalue weighted by molar-refractivity contribution is -0.126. The molecule has 1 aromatic heterocycles. The number of amidine groups is 1. The van der Waals surface area contributed by atoms with Gasteiger partial charge < -0.3 is 31.2 Å². The molecule has 2 aromatic rings. The van der Waals surface area contributed by atoms with Gasteiger partial charge in [-0.3, -0.25) is 20.0 Å². The number of carbonyl (C=O) groups is 2. The molecule has 0 atom stereocenters. The van der Waals surface area contributed by atoms with Gasteiger partial charge in [0.15, 0.2) is 5.82 Å². The number of rotatable bonds is 11. The number of aromatic nitrogens is 1. The van der Waals surface area contributed by atoms with E-state index in [9.17, 15) is 9.59 Å². The lowest BCUT2D eigenvalue weighted by atomic mass is 9.97. The second-order valence-electron chi connectivity index (χ2n) is 7.76. The van der Waals surface area contributed by atoms with Crippen LogP contribution in [0.4, 0.5) is 15.8 Å². The van der Waals surface area contributed by atoms with Crippen LogP contribution in [0, 0.1) is 18.2 Å². The Hall–Kier alpha value is -3.83. The summed E-state index contributed by atoms with van der Waals surface area (Å²) in [5.41, 5.74) is 8.21. The fraction of sp³-hybridized carbons (Fsp3) is 0.333. The summed E-state index contributed by atoms with van der Waals surface area (Å²) in [6, 6.07) is 1.60. The molecule has 11 heteroatoms. The van der Waals surface area contributed by atoms with Crippen LogP contribution in [0.3, 0.4) is 0 Å². The van der Waals surface area contributed by atoms with Crippen molar-refractivity contribution in [3.63, 3.8) is 0 Å². The molecule has 0 unspecified atom stereocenters. The monoisotopic (exact) mass is 484 g/mol. The van der Waals surface area contributed by atoms with E-state index in [1.807, 2.05) is 6.92 Å². The molecule has 0 aliphatic carbocycles. The van der Waals surface area contributed by atoms with Gasteiger partial charge in [-0.25, -0.2) is 4.39 Å². The molecule has 35 heavy (non-hydrogen) atoms. The number of halogens is 1. The van der Waals surface area contributed by atoms with Gasteiger partial charge in [-0.15, -0.1) is 0 Å². The number of nitrogens with two attached hydrogens (primary N) is 1. The Bertz CT molecular complexity index is 1250. The first-order chi connectivity index (χ1) is 16.8. The minimum absolute atomic E-state index is 0.0183. The number of fused-ring (bicyclic) bond motifs is 1. The number of pyridine rings is 1. The molecule has 0 bridgehead atoms. The van der Waals surface area contributed by atoms with E-state index < -0.39 is 11.7 Å². The van der Waals surface area contributed by atoms with E-state index in [4.69, 9.17) is 20.6 Å². The van der Waals surface area contributed by atoms with Crippen molar-refractivity contribution in [2.75, 3.05) is 44.0 Å². The number of hydrogen-bond acceptors (Lipinski definition) is 8. The van der Waals surface area contributed by atoms with Gasteiger partial charge in [-0.1, -0.05) is 0 Å². The van der Waals surface area contributed by atoms with Crippen molar-refractivity contribution < 1.29 is 23.5 Å². The number of amides is 2. The average molecular weight is 485 g/mol. The van der Waals surface area contributed by atoms with Crippen molar-refractivity contribution in [3.8, 4) is 11.1 Å². The predicted molar refractivity (Wildman–Crippen MR) is 131 cm³/mol. The number of carbonyl (C=O) groups excluding carboxylic acids is 2. The average Bonchev–Trinajstić information content (AvgIpc) is 2.77. The second kappa shape index (κ2) is 12.0. The van der Waals surface area contributed by atoms with Crippen molar-refractivity contribution in [2.45, 2.75) is 20.3 Å². The van der Waals surface area contributed by atoms with Gasteiger partial charge in [-0.2, -0.15) is 0 Å². The summed E-state index contributed by atoms with van der Waals surface area (Å²) in [4.78, 5) is 27.9. The van der Waals surface area contributed by atoms with Crippen molar-refractivity contribution in [1.82, 2.24) is 15.6 Å². The van der Waals surface area contributed by atoms with Gasteiger partial charge >= 0.3 is 0 Å². The number of hydrogen-bond donors (Lipinski definition) is 5. The maximum atomic E-state index is 15.0. The van der Waals surface area contributed by atoms with Gasteiger partial charge in [0.05, 0.1) is 30.8 Å². The first-order valence-electron chi connectivity index (χ1n) is 11.1. The van der Waals surface area contributed by atoms with E-state index in [1.54, 1.807) is 19.2 Å². The number of benzene rings is 1. The van der Waals surface area contributed by atoms with E-state index in [-0.39, 0.29) is 31.3 Å². The minimum Gasteiger partial charge on any atom is -0.397 e. The summed E-state index contributed by atoms with van der Waals surface area (Å²) in [6.45, 7) is 4.92. The highest BCUT2D eigenvalue weighted by molar-refractivity contribution is 6.13. The molecule has 1 aliphatic heterocycles. The van der Waals surface area contributed by atoms with Crippen LogP contribution < -0.4 is 32.1 Å². The summed E-state index contributed by atoms with van der Waals surface area (Å²) in [5.74, 6) is -1.39. The van der Waals surface area contributed by atoms with E-state index in [1.165, 1.54) is 18.5 Å². The molecule has 2 heterocycles. The van der Waals surface area contributed by atoms with Crippen LogP contribution in [0.5, 0.6) is 0 Å².